The van der Waals surface area contributed by atoms with Crippen LogP contribution in [0.15, 0.2) is 42.7 Å². The molecule has 0 aliphatic carbocycles. The molecular formula is C19H20ClN3O. The fourth-order valence-corrected chi connectivity index (χ4v) is 3.94. The molecule has 2 aromatic heterocycles. The number of fused-ring (bicyclic) bond motifs is 3. The summed E-state index contributed by atoms with van der Waals surface area (Å²) >= 11 is 6.52. The molecule has 0 spiro atoms. The van der Waals surface area contributed by atoms with E-state index in [0.717, 1.165) is 35.6 Å². The van der Waals surface area contributed by atoms with Crippen LogP contribution in [0.4, 0.5) is 0 Å². The topological polar surface area (TPSA) is 41.3 Å². The second kappa shape index (κ2) is 6.20. The number of para-hydroxylation sites is 1. The molecule has 0 saturated carbocycles. The van der Waals surface area contributed by atoms with Crippen molar-refractivity contribution in [1.29, 1.82) is 0 Å². The average molecular weight is 342 g/mol. The summed E-state index contributed by atoms with van der Waals surface area (Å²) in [5, 5.41) is 12.6. The van der Waals surface area contributed by atoms with Gasteiger partial charge in [-0.1, -0.05) is 23.7 Å². The summed E-state index contributed by atoms with van der Waals surface area (Å²) in [5.74, 6) is 0. The molecule has 1 atom stereocenters. The van der Waals surface area contributed by atoms with Crippen LogP contribution in [-0.2, 0) is 19.5 Å². The molecule has 0 amide bonds. The van der Waals surface area contributed by atoms with E-state index in [1.54, 1.807) is 12.4 Å². The van der Waals surface area contributed by atoms with Gasteiger partial charge in [0.05, 0.1) is 23.2 Å². The first-order valence-corrected chi connectivity index (χ1v) is 8.58. The fraction of sp³-hybridized carbons (Fsp3) is 0.316. The van der Waals surface area contributed by atoms with Gasteiger partial charge in [0, 0.05) is 43.0 Å². The van der Waals surface area contributed by atoms with E-state index in [0.29, 0.717) is 6.54 Å². The fourth-order valence-electron chi connectivity index (χ4n) is 3.66. The van der Waals surface area contributed by atoms with Gasteiger partial charge in [0.2, 0.25) is 0 Å². The van der Waals surface area contributed by atoms with E-state index in [2.05, 4.69) is 27.6 Å². The molecule has 1 aliphatic rings. The summed E-state index contributed by atoms with van der Waals surface area (Å²) < 4.78 is 2.21. The first kappa shape index (κ1) is 15.6. The van der Waals surface area contributed by atoms with Crippen LogP contribution in [0.25, 0.3) is 10.9 Å². The van der Waals surface area contributed by atoms with Crippen molar-refractivity contribution in [2.24, 2.45) is 0 Å². The predicted molar refractivity (Wildman–Crippen MR) is 96.2 cm³/mol. The van der Waals surface area contributed by atoms with Crippen molar-refractivity contribution in [1.82, 2.24) is 14.5 Å². The summed E-state index contributed by atoms with van der Waals surface area (Å²) in [4.78, 5) is 6.35. The zero-order chi connectivity index (χ0) is 16.7. The van der Waals surface area contributed by atoms with Crippen molar-refractivity contribution in [3.8, 4) is 0 Å². The summed E-state index contributed by atoms with van der Waals surface area (Å²) in [5.41, 5.74) is 4.54. The number of halogens is 1. The quantitative estimate of drug-likeness (QED) is 0.793. The van der Waals surface area contributed by atoms with E-state index >= 15 is 0 Å². The molecule has 3 heterocycles. The van der Waals surface area contributed by atoms with E-state index in [1.165, 1.54) is 16.6 Å². The number of hydrogen-bond donors (Lipinski definition) is 1. The second-order valence-electron chi connectivity index (χ2n) is 6.46. The van der Waals surface area contributed by atoms with Crippen molar-refractivity contribution in [3.05, 3.63) is 64.6 Å². The number of pyridine rings is 1. The van der Waals surface area contributed by atoms with Crippen molar-refractivity contribution < 1.29 is 5.11 Å². The molecule has 4 nitrogen and oxygen atoms in total. The lowest BCUT2D eigenvalue weighted by Gasteiger charge is -2.25. The van der Waals surface area contributed by atoms with Crippen LogP contribution < -0.4 is 0 Å². The van der Waals surface area contributed by atoms with Crippen molar-refractivity contribution in [3.63, 3.8) is 0 Å². The molecule has 0 bridgehead atoms. The summed E-state index contributed by atoms with van der Waals surface area (Å²) in [6.07, 6.45) is 3.82. The third kappa shape index (κ3) is 2.61. The van der Waals surface area contributed by atoms with Crippen LogP contribution >= 0.6 is 11.6 Å². The van der Waals surface area contributed by atoms with Crippen LogP contribution in [-0.4, -0.2) is 33.1 Å². The van der Waals surface area contributed by atoms with Crippen molar-refractivity contribution in [2.45, 2.75) is 25.6 Å². The number of benzene rings is 1. The highest BCUT2D eigenvalue weighted by molar-refractivity contribution is 6.35. The number of rotatable bonds is 3. The number of aromatic nitrogens is 2. The maximum Gasteiger partial charge on any atom is 0.0970 e. The molecule has 24 heavy (non-hydrogen) atoms. The summed E-state index contributed by atoms with van der Waals surface area (Å²) in [7, 11) is 2.14. The van der Waals surface area contributed by atoms with E-state index in [1.807, 2.05) is 24.3 Å². The van der Waals surface area contributed by atoms with Crippen LogP contribution in [0, 0.1) is 0 Å². The first-order valence-electron chi connectivity index (χ1n) is 8.20. The highest BCUT2D eigenvalue weighted by Gasteiger charge is 2.24. The Morgan fingerprint density at radius 3 is 2.83 bits per heavy atom. The highest BCUT2D eigenvalue weighted by atomic mass is 35.5. The normalized spacial score (nSPS) is 16.3. The van der Waals surface area contributed by atoms with Gasteiger partial charge >= 0.3 is 0 Å². The van der Waals surface area contributed by atoms with Gasteiger partial charge in [-0.15, -0.1) is 0 Å². The van der Waals surface area contributed by atoms with Crippen LogP contribution in [0.2, 0.25) is 5.02 Å². The van der Waals surface area contributed by atoms with Gasteiger partial charge in [0.15, 0.2) is 0 Å². The number of aliphatic hydroxyl groups is 1. The third-order valence-corrected chi connectivity index (χ3v) is 5.17. The minimum Gasteiger partial charge on any atom is -0.387 e. The molecule has 1 aliphatic heterocycles. The second-order valence-corrected chi connectivity index (χ2v) is 6.86. The SMILES string of the molecule is CN1CCc2c(c3cccc(Cl)c3n2CC(O)c2ccncc2)C1. The van der Waals surface area contributed by atoms with Gasteiger partial charge in [-0.3, -0.25) is 4.98 Å². The molecule has 1 aromatic carbocycles. The van der Waals surface area contributed by atoms with Gasteiger partial charge < -0.3 is 14.6 Å². The maximum absolute atomic E-state index is 10.7. The zero-order valence-electron chi connectivity index (χ0n) is 13.6. The maximum atomic E-state index is 10.7. The summed E-state index contributed by atoms with van der Waals surface area (Å²) in [6, 6.07) is 9.78. The molecule has 1 N–H and O–H groups in total. The Hall–Kier alpha value is -1.88. The van der Waals surface area contributed by atoms with E-state index < -0.39 is 6.10 Å². The molecule has 1 unspecified atom stereocenters. The van der Waals surface area contributed by atoms with Crippen LogP contribution in [0.3, 0.4) is 0 Å². The third-order valence-electron chi connectivity index (χ3n) is 4.86. The molecule has 4 rings (SSSR count). The molecular weight excluding hydrogens is 322 g/mol. The number of likely N-dealkylation sites (N-methyl/N-ethyl adjacent to an activating group) is 1. The van der Waals surface area contributed by atoms with Gasteiger partial charge in [0.1, 0.15) is 0 Å². The molecule has 5 heteroatoms. The minimum absolute atomic E-state index is 0.503. The molecule has 0 fully saturated rings. The molecule has 0 radical (unpaired) electrons. The Bertz CT molecular complexity index is 875. The zero-order valence-corrected chi connectivity index (χ0v) is 14.4. The van der Waals surface area contributed by atoms with Gasteiger partial charge in [-0.25, -0.2) is 0 Å². The molecule has 0 saturated heterocycles. The number of nitrogens with zero attached hydrogens (tertiary/aromatic N) is 3. The lowest BCUT2D eigenvalue weighted by molar-refractivity contribution is 0.156. The molecule has 124 valence electrons. The van der Waals surface area contributed by atoms with Crippen LogP contribution in [0.5, 0.6) is 0 Å². The number of hydrogen-bond acceptors (Lipinski definition) is 3. The Kier molecular flexibility index (Phi) is 4.04. The van der Waals surface area contributed by atoms with E-state index in [9.17, 15) is 5.11 Å². The largest absolute Gasteiger partial charge is 0.387 e. The van der Waals surface area contributed by atoms with Crippen LogP contribution in [0.1, 0.15) is 22.9 Å². The van der Waals surface area contributed by atoms with Crippen molar-refractivity contribution >= 4 is 22.5 Å². The molecule has 3 aromatic rings. The van der Waals surface area contributed by atoms with Gasteiger partial charge in [-0.05, 0) is 36.4 Å². The smallest absolute Gasteiger partial charge is 0.0970 e. The Balaban J connectivity index is 1.83. The monoisotopic (exact) mass is 341 g/mol. The van der Waals surface area contributed by atoms with E-state index in [4.69, 9.17) is 11.6 Å². The highest BCUT2D eigenvalue weighted by Crippen LogP contribution is 2.35. The van der Waals surface area contributed by atoms with Gasteiger partial charge in [0.25, 0.3) is 0 Å². The summed E-state index contributed by atoms with van der Waals surface area (Å²) in [6.45, 7) is 2.44. The Morgan fingerprint density at radius 2 is 2.04 bits per heavy atom. The lowest BCUT2D eigenvalue weighted by Crippen LogP contribution is -2.27. The van der Waals surface area contributed by atoms with Gasteiger partial charge in [-0.2, -0.15) is 0 Å². The first-order chi connectivity index (χ1) is 11.6. The standard InChI is InChI=1S/C19H20ClN3O/c1-22-10-7-17-15(11-22)14-3-2-4-16(20)19(14)23(17)12-18(24)13-5-8-21-9-6-13/h2-6,8-9,18,24H,7,10-12H2,1H3. The Morgan fingerprint density at radius 1 is 1.25 bits per heavy atom. The minimum atomic E-state index is -0.580. The predicted octanol–water partition coefficient (Wildman–Crippen LogP) is 3.41. The number of aliphatic hydroxyl groups excluding tert-OH is 1. The lowest BCUT2D eigenvalue weighted by atomic mass is 10.0. The average Bonchev–Trinajstić information content (AvgIpc) is 2.90. The van der Waals surface area contributed by atoms with Crippen molar-refractivity contribution in [2.75, 3.05) is 13.6 Å². The van der Waals surface area contributed by atoms with E-state index in [-0.39, 0.29) is 0 Å². The Labute approximate surface area is 146 Å².